The summed E-state index contributed by atoms with van der Waals surface area (Å²) in [5.41, 5.74) is 2.26. The van der Waals surface area contributed by atoms with E-state index < -0.39 is 0 Å². The van der Waals surface area contributed by atoms with Gasteiger partial charge >= 0.3 is 0 Å². The zero-order chi connectivity index (χ0) is 22.3. The Morgan fingerprint density at radius 2 is 1.65 bits per heavy atom. The van der Waals surface area contributed by atoms with Crippen molar-refractivity contribution in [1.82, 2.24) is 0 Å². The zero-order valence-electron chi connectivity index (χ0n) is 17.6. The molecule has 3 rings (SSSR count). The van der Waals surface area contributed by atoms with Crippen LogP contribution in [0.2, 0.25) is 0 Å². The monoisotopic (exact) mass is 458 g/mol. The summed E-state index contributed by atoms with van der Waals surface area (Å²) in [6, 6.07) is 22.2. The van der Waals surface area contributed by atoms with Gasteiger partial charge in [-0.2, -0.15) is 0 Å². The Morgan fingerprint density at radius 1 is 0.935 bits per heavy atom. The third-order valence-corrected chi connectivity index (χ3v) is 5.33. The van der Waals surface area contributed by atoms with Crippen LogP contribution in [0, 0.1) is 5.82 Å². The molecule has 162 valence electrons. The third kappa shape index (κ3) is 7.02. The first-order valence-corrected chi connectivity index (χ1v) is 10.9. The highest BCUT2D eigenvalue weighted by Gasteiger charge is 2.20. The fraction of sp³-hybridized carbons (Fsp3) is 0.231. The lowest BCUT2D eigenvalue weighted by Gasteiger charge is -2.25. The Balaban J connectivity index is 1.58. The predicted octanol–water partition coefficient (Wildman–Crippen LogP) is 8.57. The number of ether oxygens (including phenoxy) is 2. The van der Waals surface area contributed by atoms with E-state index in [9.17, 15) is 4.39 Å². The molecule has 0 N–H and O–H groups in total. The number of halogens is 3. The van der Waals surface area contributed by atoms with Crippen molar-refractivity contribution in [1.29, 1.82) is 0 Å². The first kappa shape index (κ1) is 23.2. The summed E-state index contributed by atoms with van der Waals surface area (Å²) < 4.78 is 25.3. The highest BCUT2D eigenvalue weighted by atomic mass is 35.5. The van der Waals surface area contributed by atoms with Gasteiger partial charge in [0, 0.05) is 0 Å². The normalized spacial score (nSPS) is 11.1. The molecule has 0 atom stereocenters. The van der Waals surface area contributed by atoms with Crippen LogP contribution in [0.25, 0.3) is 0 Å². The van der Waals surface area contributed by atoms with Crippen LogP contribution in [-0.2, 0) is 11.8 Å². The van der Waals surface area contributed by atoms with Crippen LogP contribution in [0.3, 0.4) is 0 Å². The first-order valence-electron chi connectivity index (χ1n) is 10.1. The molecule has 0 aliphatic heterocycles. The average molecular weight is 459 g/mol. The standard InChI is InChI=1S/C26H25Cl2FO2/c1-26(2,20-11-13-21(14-12-20)30-18-25(27)28)16-6-7-19-10-15-23(29)24(17-19)31-22-8-4-3-5-9-22/h3-5,8-15,17-18H,6-7,16H2,1-2H3. The van der Waals surface area contributed by atoms with E-state index >= 15 is 0 Å². The molecule has 3 aromatic rings. The van der Waals surface area contributed by atoms with Gasteiger partial charge in [-0.25, -0.2) is 4.39 Å². The summed E-state index contributed by atoms with van der Waals surface area (Å²) in [5.74, 6) is 1.19. The van der Waals surface area contributed by atoms with Crippen LogP contribution in [0.1, 0.15) is 37.8 Å². The molecule has 0 heterocycles. The van der Waals surface area contributed by atoms with Gasteiger partial charge in [0.25, 0.3) is 0 Å². The van der Waals surface area contributed by atoms with Gasteiger partial charge in [-0.05, 0) is 72.2 Å². The summed E-state index contributed by atoms with van der Waals surface area (Å²) in [4.78, 5) is 0. The molecule has 0 radical (unpaired) electrons. The quantitative estimate of drug-likeness (QED) is 0.299. The smallest absolute Gasteiger partial charge is 0.165 e. The van der Waals surface area contributed by atoms with Gasteiger partial charge in [0.05, 0.1) is 0 Å². The second kappa shape index (κ2) is 10.7. The van der Waals surface area contributed by atoms with Gasteiger partial charge in [-0.3, -0.25) is 0 Å². The van der Waals surface area contributed by atoms with E-state index in [0.717, 1.165) is 24.8 Å². The molecular weight excluding hydrogens is 434 g/mol. The summed E-state index contributed by atoms with van der Waals surface area (Å²) in [6.07, 6.45) is 4.08. The van der Waals surface area contributed by atoms with Gasteiger partial charge in [0.1, 0.15) is 22.3 Å². The number of rotatable bonds is 9. The van der Waals surface area contributed by atoms with Gasteiger partial charge < -0.3 is 9.47 Å². The number of benzene rings is 3. The summed E-state index contributed by atoms with van der Waals surface area (Å²) >= 11 is 11.1. The molecule has 0 aliphatic carbocycles. The molecule has 0 bridgehead atoms. The van der Waals surface area contributed by atoms with Crippen molar-refractivity contribution >= 4 is 23.2 Å². The minimum atomic E-state index is -0.361. The summed E-state index contributed by atoms with van der Waals surface area (Å²) in [7, 11) is 0. The molecule has 0 spiro atoms. The minimum absolute atomic E-state index is 0.0120. The topological polar surface area (TPSA) is 18.5 Å². The van der Waals surface area contributed by atoms with E-state index in [0.29, 0.717) is 11.5 Å². The first-order chi connectivity index (χ1) is 14.8. The SMILES string of the molecule is CC(C)(CCCc1ccc(F)c(Oc2ccccc2)c1)c1ccc(OC=C(Cl)Cl)cc1. The highest BCUT2D eigenvalue weighted by Crippen LogP contribution is 2.31. The number of aryl methyl sites for hydroxylation is 1. The maximum Gasteiger partial charge on any atom is 0.165 e. The molecule has 3 aromatic carbocycles. The molecule has 0 saturated heterocycles. The van der Waals surface area contributed by atoms with Crippen molar-refractivity contribution in [3.05, 3.63) is 100 Å². The van der Waals surface area contributed by atoms with Crippen molar-refractivity contribution in [3.63, 3.8) is 0 Å². The average Bonchev–Trinajstić information content (AvgIpc) is 2.75. The Bertz CT molecular complexity index is 1010. The lowest BCUT2D eigenvalue weighted by atomic mass is 9.80. The maximum atomic E-state index is 14.2. The molecule has 0 aromatic heterocycles. The van der Waals surface area contributed by atoms with Gasteiger partial charge in [-0.15, -0.1) is 0 Å². The molecule has 0 amide bonds. The van der Waals surface area contributed by atoms with Crippen LogP contribution in [0.4, 0.5) is 4.39 Å². The molecule has 5 heteroatoms. The van der Waals surface area contributed by atoms with Crippen LogP contribution in [-0.4, -0.2) is 0 Å². The fourth-order valence-corrected chi connectivity index (χ4v) is 3.46. The molecular formula is C26H25Cl2FO2. The minimum Gasteiger partial charge on any atom is -0.463 e. The van der Waals surface area contributed by atoms with Crippen molar-refractivity contribution < 1.29 is 13.9 Å². The van der Waals surface area contributed by atoms with E-state index in [1.807, 2.05) is 48.5 Å². The van der Waals surface area contributed by atoms with E-state index in [4.69, 9.17) is 32.7 Å². The molecule has 31 heavy (non-hydrogen) atoms. The van der Waals surface area contributed by atoms with Crippen LogP contribution in [0.15, 0.2) is 83.5 Å². The molecule has 0 aliphatic rings. The number of para-hydroxylation sites is 1. The number of hydrogen-bond acceptors (Lipinski definition) is 2. The summed E-state index contributed by atoms with van der Waals surface area (Å²) in [5, 5.41) is 0. The lowest BCUT2D eigenvalue weighted by Crippen LogP contribution is -2.17. The van der Waals surface area contributed by atoms with Gasteiger partial charge in [0.2, 0.25) is 0 Å². The molecule has 0 saturated carbocycles. The second-order valence-corrected chi connectivity index (χ2v) is 8.97. The lowest BCUT2D eigenvalue weighted by molar-refractivity contribution is 0.439. The van der Waals surface area contributed by atoms with E-state index in [1.165, 1.54) is 17.9 Å². The van der Waals surface area contributed by atoms with Crippen LogP contribution < -0.4 is 9.47 Å². The van der Waals surface area contributed by atoms with Crippen molar-refractivity contribution in [2.24, 2.45) is 0 Å². The van der Waals surface area contributed by atoms with E-state index in [1.54, 1.807) is 6.07 Å². The van der Waals surface area contributed by atoms with E-state index in [-0.39, 0.29) is 21.5 Å². The largest absolute Gasteiger partial charge is 0.463 e. The van der Waals surface area contributed by atoms with Crippen LogP contribution >= 0.6 is 23.2 Å². The predicted molar refractivity (Wildman–Crippen MR) is 126 cm³/mol. The second-order valence-electron chi connectivity index (χ2n) is 7.97. The molecule has 0 unspecified atom stereocenters. The van der Waals surface area contributed by atoms with E-state index in [2.05, 4.69) is 26.0 Å². The Kier molecular flexibility index (Phi) is 8.00. The Hall–Kier alpha value is -2.49. The van der Waals surface area contributed by atoms with Gasteiger partial charge in [-0.1, -0.05) is 73.4 Å². The Morgan fingerprint density at radius 3 is 2.32 bits per heavy atom. The molecule has 0 fully saturated rings. The third-order valence-electron chi connectivity index (χ3n) is 5.15. The summed E-state index contributed by atoms with van der Waals surface area (Å²) in [6.45, 7) is 4.43. The zero-order valence-corrected chi connectivity index (χ0v) is 19.1. The maximum absolute atomic E-state index is 14.2. The van der Waals surface area contributed by atoms with Crippen LogP contribution in [0.5, 0.6) is 17.2 Å². The number of hydrogen-bond donors (Lipinski definition) is 0. The Labute approximate surface area is 193 Å². The van der Waals surface area contributed by atoms with Gasteiger partial charge in [0.15, 0.2) is 11.6 Å². The molecule has 2 nitrogen and oxygen atoms in total. The van der Waals surface area contributed by atoms with Crippen molar-refractivity contribution in [2.75, 3.05) is 0 Å². The fourth-order valence-electron chi connectivity index (χ4n) is 3.37. The highest BCUT2D eigenvalue weighted by molar-refractivity contribution is 6.55. The van der Waals surface area contributed by atoms with Crippen molar-refractivity contribution in [3.8, 4) is 17.2 Å². The van der Waals surface area contributed by atoms with Crippen molar-refractivity contribution in [2.45, 2.75) is 38.5 Å².